The van der Waals surface area contributed by atoms with E-state index in [1.54, 1.807) is 6.92 Å². The summed E-state index contributed by atoms with van der Waals surface area (Å²) >= 11 is 0. The second-order valence-electron chi connectivity index (χ2n) is 3.92. The van der Waals surface area contributed by atoms with Crippen LogP contribution in [0.5, 0.6) is 11.5 Å². The van der Waals surface area contributed by atoms with E-state index >= 15 is 0 Å². The van der Waals surface area contributed by atoms with Crippen LogP contribution in [0, 0.1) is 5.82 Å². The molecule has 0 bridgehead atoms. The van der Waals surface area contributed by atoms with Gasteiger partial charge >= 0.3 is 0 Å². The summed E-state index contributed by atoms with van der Waals surface area (Å²) in [5.74, 6) is -0.495. The zero-order valence-electron chi connectivity index (χ0n) is 10.6. The van der Waals surface area contributed by atoms with Crippen LogP contribution in [0.2, 0.25) is 0 Å². The molecular formula is C12H17FN2O3. The van der Waals surface area contributed by atoms with E-state index in [0.29, 0.717) is 5.75 Å². The highest BCUT2D eigenvalue weighted by Crippen LogP contribution is 2.31. The molecule has 18 heavy (non-hydrogen) atoms. The number of hydrogen-bond acceptors (Lipinski definition) is 4. The first-order valence-electron chi connectivity index (χ1n) is 5.45. The fraction of sp³-hybridized carbons (Fsp3) is 0.417. The quantitative estimate of drug-likeness (QED) is 0.837. The lowest BCUT2D eigenvalue weighted by molar-refractivity contribution is -0.116. The third-order valence-corrected chi connectivity index (χ3v) is 2.26. The molecule has 1 amide bonds. The third kappa shape index (κ3) is 3.59. The average Bonchev–Trinajstić information content (AvgIpc) is 2.28. The highest BCUT2D eigenvalue weighted by atomic mass is 19.1. The summed E-state index contributed by atoms with van der Waals surface area (Å²) in [4.78, 5) is 11.6. The second-order valence-corrected chi connectivity index (χ2v) is 3.92. The molecule has 100 valence electrons. The Morgan fingerprint density at radius 2 is 2.00 bits per heavy atom. The van der Waals surface area contributed by atoms with Gasteiger partial charge in [0.1, 0.15) is 5.75 Å². The highest BCUT2D eigenvalue weighted by Gasteiger charge is 2.14. The molecule has 1 unspecified atom stereocenters. The van der Waals surface area contributed by atoms with Crippen LogP contribution in [0.1, 0.15) is 13.3 Å². The van der Waals surface area contributed by atoms with Crippen LogP contribution in [0.15, 0.2) is 12.1 Å². The minimum Gasteiger partial charge on any atom is -0.494 e. The number of benzene rings is 1. The van der Waals surface area contributed by atoms with E-state index in [1.165, 1.54) is 20.3 Å². The third-order valence-electron chi connectivity index (χ3n) is 2.26. The largest absolute Gasteiger partial charge is 0.494 e. The van der Waals surface area contributed by atoms with Crippen molar-refractivity contribution in [3.05, 3.63) is 17.9 Å². The van der Waals surface area contributed by atoms with Gasteiger partial charge in [0.05, 0.1) is 19.9 Å². The van der Waals surface area contributed by atoms with Gasteiger partial charge in [-0.15, -0.1) is 0 Å². The van der Waals surface area contributed by atoms with Gasteiger partial charge in [-0.1, -0.05) is 0 Å². The first-order valence-corrected chi connectivity index (χ1v) is 5.45. The van der Waals surface area contributed by atoms with Gasteiger partial charge in [0.25, 0.3) is 0 Å². The number of rotatable bonds is 5. The summed E-state index contributed by atoms with van der Waals surface area (Å²) in [6, 6.07) is 2.26. The molecule has 0 aliphatic rings. The lowest BCUT2D eigenvalue weighted by Crippen LogP contribution is -2.24. The summed E-state index contributed by atoms with van der Waals surface area (Å²) in [7, 11) is 2.78. The van der Waals surface area contributed by atoms with Gasteiger partial charge in [-0.2, -0.15) is 0 Å². The fourth-order valence-electron chi connectivity index (χ4n) is 1.45. The van der Waals surface area contributed by atoms with Gasteiger partial charge in [-0.05, 0) is 6.92 Å². The average molecular weight is 256 g/mol. The molecular weight excluding hydrogens is 239 g/mol. The standard InChI is InChI=1S/C12H17FN2O3/c1-7(14)4-12(16)15-9-5-8(13)10(17-2)6-11(9)18-3/h5-7H,4,14H2,1-3H3,(H,15,16). The maximum atomic E-state index is 13.5. The Labute approximate surface area is 105 Å². The van der Waals surface area contributed by atoms with Crippen molar-refractivity contribution >= 4 is 11.6 Å². The van der Waals surface area contributed by atoms with Crippen LogP contribution < -0.4 is 20.5 Å². The minimum atomic E-state index is -0.575. The summed E-state index contributed by atoms with van der Waals surface area (Å²) in [6.45, 7) is 1.71. The lowest BCUT2D eigenvalue weighted by Gasteiger charge is -2.13. The van der Waals surface area contributed by atoms with Gasteiger partial charge in [-0.3, -0.25) is 4.79 Å². The molecule has 1 aromatic carbocycles. The molecule has 0 fully saturated rings. The van der Waals surface area contributed by atoms with E-state index in [1.807, 2.05) is 0 Å². The molecule has 0 aliphatic heterocycles. The Morgan fingerprint density at radius 3 is 2.50 bits per heavy atom. The summed E-state index contributed by atoms with van der Waals surface area (Å²) < 4.78 is 23.4. The SMILES string of the molecule is COc1cc(OC)c(NC(=O)CC(C)N)cc1F. The molecule has 0 saturated heterocycles. The fourth-order valence-corrected chi connectivity index (χ4v) is 1.45. The van der Waals surface area contributed by atoms with Crippen molar-refractivity contribution in [2.75, 3.05) is 19.5 Å². The van der Waals surface area contributed by atoms with Crippen LogP contribution in [0.25, 0.3) is 0 Å². The van der Waals surface area contributed by atoms with Crippen LogP contribution >= 0.6 is 0 Å². The Kier molecular flexibility index (Phi) is 4.91. The minimum absolute atomic E-state index is 0.0528. The zero-order valence-corrected chi connectivity index (χ0v) is 10.6. The van der Waals surface area contributed by atoms with Crippen molar-refractivity contribution in [2.45, 2.75) is 19.4 Å². The van der Waals surface area contributed by atoms with E-state index < -0.39 is 5.82 Å². The van der Waals surface area contributed by atoms with Crippen molar-refractivity contribution in [3.63, 3.8) is 0 Å². The van der Waals surface area contributed by atoms with Crippen LogP contribution in [-0.4, -0.2) is 26.2 Å². The highest BCUT2D eigenvalue weighted by molar-refractivity contribution is 5.92. The van der Waals surface area contributed by atoms with Gasteiger partial charge in [0, 0.05) is 24.6 Å². The van der Waals surface area contributed by atoms with Crippen molar-refractivity contribution in [1.29, 1.82) is 0 Å². The van der Waals surface area contributed by atoms with E-state index in [4.69, 9.17) is 15.2 Å². The molecule has 3 N–H and O–H groups in total. The topological polar surface area (TPSA) is 73.6 Å². The number of carbonyl (C=O) groups excluding carboxylic acids is 1. The van der Waals surface area contributed by atoms with Crippen molar-refractivity contribution < 1.29 is 18.7 Å². The molecule has 1 atom stereocenters. The Bertz CT molecular complexity index is 436. The van der Waals surface area contributed by atoms with E-state index in [-0.39, 0.29) is 29.8 Å². The summed E-state index contributed by atoms with van der Waals surface area (Å²) in [5, 5.41) is 2.55. The molecule has 0 saturated carbocycles. The number of anilines is 1. The first-order chi connectivity index (χ1) is 8.47. The predicted octanol–water partition coefficient (Wildman–Crippen LogP) is 1.52. The molecule has 0 spiro atoms. The molecule has 5 nitrogen and oxygen atoms in total. The maximum absolute atomic E-state index is 13.5. The van der Waals surface area contributed by atoms with E-state index in [2.05, 4.69) is 5.32 Å². The van der Waals surface area contributed by atoms with Gasteiger partial charge < -0.3 is 20.5 Å². The Balaban J connectivity index is 2.94. The first kappa shape index (κ1) is 14.2. The zero-order chi connectivity index (χ0) is 13.7. The van der Waals surface area contributed by atoms with Gasteiger partial charge in [0.2, 0.25) is 5.91 Å². The Hall–Kier alpha value is -1.82. The lowest BCUT2D eigenvalue weighted by atomic mass is 10.2. The normalized spacial score (nSPS) is 11.8. The molecule has 0 heterocycles. The second kappa shape index (κ2) is 6.20. The number of nitrogens with two attached hydrogens (primary N) is 1. The molecule has 1 rings (SSSR count). The molecule has 0 aliphatic carbocycles. The van der Waals surface area contributed by atoms with Crippen molar-refractivity contribution in [2.24, 2.45) is 5.73 Å². The van der Waals surface area contributed by atoms with Crippen molar-refractivity contribution in [1.82, 2.24) is 0 Å². The monoisotopic (exact) mass is 256 g/mol. The number of hydrogen-bond donors (Lipinski definition) is 2. The molecule has 1 aromatic rings. The van der Waals surface area contributed by atoms with Crippen LogP contribution in [0.3, 0.4) is 0 Å². The van der Waals surface area contributed by atoms with Crippen molar-refractivity contribution in [3.8, 4) is 11.5 Å². The molecule has 6 heteroatoms. The maximum Gasteiger partial charge on any atom is 0.226 e. The number of halogens is 1. The summed E-state index contributed by atoms with van der Waals surface area (Å²) in [6.07, 6.45) is 0.150. The van der Waals surface area contributed by atoms with Gasteiger partial charge in [0.15, 0.2) is 11.6 Å². The van der Waals surface area contributed by atoms with Gasteiger partial charge in [-0.25, -0.2) is 4.39 Å². The number of amides is 1. The molecule has 0 radical (unpaired) electrons. The number of nitrogens with one attached hydrogen (secondary N) is 1. The number of methoxy groups -OCH3 is 2. The summed E-state index contributed by atoms with van der Waals surface area (Å²) in [5.41, 5.74) is 5.76. The number of carbonyl (C=O) groups is 1. The predicted molar refractivity (Wildman–Crippen MR) is 66.4 cm³/mol. The smallest absolute Gasteiger partial charge is 0.226 e. The Morgan fingerprint density at radius 1 is 1.39 bits per heavy atom. The van der Waals surface area contributed by atoms with Crippen LogP contribution in [0.4, 0.5) is 10.1 Å². The van der Waals surface area contributed by atoms with E-state index in [0.717, 1.165) is 6.07 Å². The molecule has 0 aromatic heterocycles. The van der Waals surface area contributed by atoms with E-state index in [9.17, 15) is 9.18 Å². The number of ether oxygens (including phenoxy) is 2. The van der Waals surface area contributed by atoms with Crippen LogP contribution in [-0.2, 0) is 4.79 Å².